The quantitative estimate of drug-likeness (QED) is 0.736. The second-order valence-electron chi connectivity index (χ2n) is 8.07. The number of hydrogen-bond donors (Lipinski definition) is 0. The number of hydrogen-bond acceptors (Lipinski definition) is 4. The van der Waals surface area contributed by atoms with Gasteiger partial charge in [0.05, 0.1) is 11.1 Å². The first-order valence-electron chi connectivity index (χ1n) is 9.18. The number of fused-ring (bicyclic) bond motifs is 1. The molecule has 1 atom stereocenters. The number of carbonyl (C=O) groups excluding carboxylic acids is 4. The first-order valence-corrected chi connectivity index (χ1v) is 9.18. The SMILES string of the molecule is CC(C(=O)N1CCN(C(=O)C(C)(C)C)CC1)N1C(=O)c2ccccc2C1=O. The lowest BCUT2D eigenvalue weighted by atomic mass is 9.94. The van der Waals surface area contributed by atoms with Gasteiger partial charge in [-0.15, -0.1) is 0 Å². The summed E-state index contributed by atoms with van der Waals surface area (Å²) in [6, 6.07) is 5.73. The third-order valence-corrected chi connectivity index (χ3v) is 5.09. The second-order valence-corrected chi connectivity index (χ2v) is 8.07. The van der Waals surface area contributed by atoms with Crippen LogP contribution in [0.25, 0.3) is 0 Å². The monoisotopic (exact) mass is 371 g/mol. The van der Waals surface area contributed by atoms with Crippen LogP contribution in [0.15, 0.2) is 24.3 Å². The van der Waals surface area contributed by atoms with E-state index in [0.717, 1.165) is 4.90 Å². The van der Waals surface area contributed by atoms with Crippen LogP contribution in [0.4, 0.5) is 0 Å². The van der Waals surface area contributed by atoms with Gasteiger partial charge in [0, 0.05) is 31.6 Å². The van der Waals surface area contributed by atoms with Crippen LogP contribution in [0.3, 0.4) is 0 Å². The zero-order chi connectivity index (χ0) is 19.9. The van der Waals surface area contributed by atoms with Crippen LogP contribution in [0, 0.1) is 5.41 Å². The molecule has 1 unspecified atom stereocenters. The molecule has 0 aliphatic carbocycles. The van der Waals surface area contributed by atoms with Gasteiger partial charge in [-0.1, -0.05) is 32.9 Å². The van der Waals surface area contributed by atoms with Gasteiger partial charge in [-0.3, -0.25) is 24.1 Å². The van der Waals surface area contributed by atoms with Gasteiger partial charge in [0.1, 0.15) is 6.04 Å². The van der Waals surface area contributed by atoms with Gasteiger partial charge < -0.3 is 9.80 Å². The molecule has 1 saturated heterocycles. The Morgan fingerprint density at radius 2 is 1.33 bits per heavy atom. The van der Waals surface area contributed by atoms with Crippen molar-refractivity contribution in [3.63, 3.8) is 0 Å². The zero-order valence-electron chi connectivity index (χ0n) is 16.2. The minimum Gasteiger partial charge on any atom is -0.339 e. The molecule has 1 fully saturated rings. The number of amides is 4. The van der Waals surface area contributed by atoms with Crippen molar-refractivity contribution in [1.82, 2.24) is 14.7 Å². The van der Waals surface area contributed by atoms with Gasteiger partial charge in [-0.25, -0.2) is 0 Å². The molecule has 1 aromatic carbocycles. The van der Waals surface area contributed by atoms with E-state index in [2.05, 4.69) is 0 Å². The van der Waals surface area contributed by atoms with Gasteiger partial charge in [0.25, 0.3) is 11.8 Å². The van der Waals surface area contributed by atoms with E-state index in [0.29, 0.717) is 37.3 Å². The van der Waals surface area contributed by atoms with Gasteiger partial charge in [0.15, 0.2) is 0 Å². The number of imide groups is 1. The summed E-state index contributed by atoms with van der Waals surface area (Å²) in [7, 11) is 0. The van der Waals surface area contributed by atoms with Crippen molar-refractivity contribution >= 4 is 23.6 Å². The predicted molar refractivity (Wildman–Crippen MR) is 99.0 cm³/mol. The van der Waals surface area contributed by atoms with Crippen molar-refractivity contribution < 1.29 is 19.2 Å². The van der Waals surface area contributed by atoms with Crippen molar-refractivity contribution in [2.45, 2.75) is 33.7 Å². The van der Waals surface area contributed by atoms with Crippen molar-refractivity contribution in [2.75, 3.05) is 26.2 Å². The Bertz CT molecular complexity index is 769. The van der Waals surface area contributed by atoms with E-state index in [1.807, 2.05) is 20.8 Å². The van der Waals surface area contributed by atoms with Crippen LogP contribution in [0.2, 0.25) is 0 Å². The maximum atomic E-state index is 12.9. The average molecular weight is 371 g/mol. The van der Waals surface area contributed by atoms with Crippen molar-refractivity contribution in [1.29, 1.82) is 0 Å². The lowest BCUT2D eigenvalue weighted by Gasteiger charge is -2.39. The smallest absolute Gasteiger partial charge is 0.262 e. The number of benzene rings is 1. The molecule has 2 heterocycles. The number of nitrogens with zero attached hydrogens (tertiary/aromatic N) is 3. The molecule has 0 spiro atoms. The summed E-state index contributed by atoms with van der Waals surface area (Å²) >= 11 is 0. The fraction of sp³-hybridized carbons (Fsp3) is 0.500. The lowest BCUT2D eigenvalue weighted by molar-refractivity contribution is -0.146. The molecule has 0 saturated carbocycles. The van der Waals surface area contributed by atoms with Gasteiger partial charge in [-0.05, 0) is 19.1 Å². The van der Waals surface area contributed by atoms with E-state index in [1.54, 1.807) is 41.0 Å². The maximum Gasteiger partial charge on any atom is 0.262 e. The first kappa shape index (κ1) is 19.1. The molecule has 2 aliphatic heterocycles. The number of piperazine rings is 1. The predicted octanol–water partition coefficient (Wildman–Crippen LogP) is 1.39. The van der Waals surface area contributed by atoms with Crippen molar-refractivity contribution in [2.24, 2.45) is 5.41 Å². The molecule has 4 amide bonds. The molecular weight excluding hydrogens is 346 g/mol. The Balaban J connectivity index is 1.67. The van der Waals surface area contributed by atoms with Gasteiger partial charge >= 0.3 is 0 Å². The minimum absolute atomic E-state index is 0.0583. The van der Waals surface area contributed by atoms with Crippen molar-refractivity contribution in [3.8, 4) is 0 Å². The van der Waals surface area contributed by atoms with Crippen LogP contribution in [0.1, 0.15) is 48.4 Å². The molecule has 0 radical (unpaired) electrons. The molecule has 1 aromatic rings. The van der Waals surface area contributed by atoms with E-state index < -0.39 is 23.3 Å². The molecular formula is C20H25N3O4. The average Bonchev–Trinajstić information content (AvgIpc) is 2.90. The second kappa shape index (κ2) is 6.79. The van der Waals surface area contributed by atoms with E-state index in [-0.39, 0.29) is 11.8 Å². The molecule has 7 heteroatoms. The highest BCUT2D eigenvalue weighted by Gasteiger charge is 2.42. The van der Waals surface area contributed by atoms with Crippen LogP contribution >= 0.6 is 0 Å². The van der Waals surface area contributed by atoms with Crippen LogP contribution < -0.4 is 0 Å². The third-order valence-electron chi connectivity index (χ3n) is 5.09. The fourth-order valence-electron chi connectivity index (χ4n) is 3.54. The fourth-order valence-corrected chi connectivity index (χ4v) is 3.54. The third kappa shape index (κ3) is 3.34. The summed E-state index contributed by atoms with van der Waals surface area (Å²) in [6.45, 7) is 8.90. The van der Waals surface area contributed by atoms with Crippen LogP contribution in [0.5, 0.6) is 0 Å². The normalized spacial score (nSPS) is 18.6. The summed E-state index contributed by atoms with van der Waals surface area (Å²) in [4.78, 5) is 54.8. The Labute approximate surface area is 158 Å². The van der Waals surface area contributed by atoms with E-state index in [9.17, 15) is 19.2 Å². The standard InChI is InChI=1S/C20H25N3O4/c1-13(23-17(25)14-7-5-6-8-15(14)18(23)26)16(24)21-9-11-22(12-10-21)19(27)20(2,3)4/h5-8,13H,9-12H2,1-4H3. The first-order chi connectivity index (χ1) is 12.6. The number of rotatable bonds is 2. The van der Waals surface area contributed by atoms with E-state index >= 15 is 0 Å². The highest BCUT2D eigenvalue weighted by molar-refractivity contribution is 6.22. The lowest BCUT2D eigenvalue weighted by Crippen LogP contribution is -2.57. The highest BCUT2D eigenvalue weighted by atomic mass is 16.2. The Kier molecular flexibility index (Phi) is 4.80. The summed E-state index contributed by atoms with van der Waals surface area (Å²) in [5, 5.41) is 0. The molecule has 7 nitrogen and oxygen atoms in total. The Morgan fingerprint density at radius 3 is 1.78 bits per heavy atom. The van der Waals surface area contributed by atoms with Crippen LogP contribution in [-0.4, -0.2) is 70.5 Å². The van der Waals surface area contributed by atoms with Crippen LogP contribution in [-0.2, 0) is 9.59 Å². The maximum absolute atomic E-state index is 12.9. The Hall–Kier alpha value is -2.70. The van der Waals surface area contributed by atoms with Crippen molar-refractivity contribution in [3.05, 3.63) is 35.4 Å². The molecule has 144 valence electrons. The van der Waals surface area contributed by atoms with E-state index in [1.165, 1.54) is 0 Å². The summed E-state index contributed by atoms with van der Waals surface area (Å²) in [6.07, 6.45) is 0. The molecule has 0 bridgehead atoms. The zero-order valence-corrected chi connectivity index (χ0v) is 16.2. The summed E-state index contributed by atoms with van der Waals surface area (Å²) in [5.74, 6) is -1.08. The van der Waals surface area contributed by atoms with Gasteiger partial charge in [0.2, 0.25) is 11.8 Å². The summed E-state index contributed by atoms with van der Waals surface area (Å²) < 4.78 is 0. The molecule has 0 N–H and O–H groups in total. The summed E-state index contributed by atoms with van der Waals surface area (Å²) in [5.41, 5.74) is 0.213. The minimum atomic E-state index is -0.873. The van der Waals surface area contributed by atoms with E-state index in [4.69, 9.17) is 0 Å². The largest absolute Gasteiger partial charge is 0.339 e. The number of carbonyl (C=O) groups is 4. The topological polar surface area (TPSA) is 78.0 Å². The Morgan fingerprint density at radius 1 is 0.889 bits per heavy atom. The molecule has 2 aliphatic rings. The molecule has 0 aromatic heterocycles. The van der Waals surface area contributed by atoms with Gasteiger partial charge in [-0.2, -0.15) is 0 Å². The highest BCUT2D eigenvalue weighted by Crippen LogP contribution is 2.25. The molecule has 3 rings (SSSR count). The molecule has 27 heavy (non-hydrogen) atoms.